The van der Waals surface area contributed by atoms with Crippen LogP contribution < -0.4 is 4.74 Å². The fourth-order valence-corrected chi connectivity index (χ4v) is 2.38. The van der Waals surface area contributed by atoms with E-state index >= 15 is 0 Å². The second-order valence-electron chi connectivity index (χ2n) is 3.88. The molecule has 0 fully saturated rings. The highest BCUT2D eigenvalue weighted by Crippen LogP contribution is 2.35. The first kappa shape index (κ1) is 13.4. The number of halogens is 2. The molecular formula is C15H14BrClO. The Morgan fingerprint density at radius 3 is 2.44 bits per heavy atom. The number of para-hydroxylation sites is 1. The minimum atomic E-state index is -0.194. The van der Waals surface area contributed by atoms with Crippen LogP contribution in [0.1, 0.15) is 23.4 Å². The third-order valence-electron chi connectivity index (χ3n) is 2.65. The van der Waals surface area contributed by atoms with Crippen LogP contribution in [0.15, 0.2) is 53.0 Å². The van der Waals surface area contributed by atoms with E-state index in [2.05, 4.69) is 15.9 Å². The average molecular weight is 326 g/mol. The van der Waals surface area contributed by atoms with Crippen molar-refractivity contribution >= 4 is 27.5 Å². The number of rotatable bonds is 4. The van der Waals surface area contributed by atoms with Gasteiger partial charge in [-0.25, -0.2) is 0 Å². The molecule has 1 unspecified atom stereocenters. The van der Waals surface area contributed by atoms with Gasteiger partial charge in [-0.05, 0) is 30.7 Å². The number of benzene rings is 2. The minimum absolute atomic E-state index is 0.194. The lowest BCUT2D eigenvalue weighted by Crippen LogP contribution is -1.99. The van der Waals surface area contributed by atoms with Gasteiger partial charge in [-0.2, -0.15) is 0 Å². The van der Waals surface area contributed by atoms with Crippen molar-refractivity contribution in [1.82, 2.24) is 0 Å². The second-order valence-corrected chi connectivity index (χ2v) is 5.24. The molecule has 2 aromatic rings. The molecule has 0 aliphatic heterocycles. The molecule has 94 valence electrons. The highest BCUT2D eigenvalue weighted by atomic mass is 79.9. The monoisotopic (exact) mass is 324 g/mol. The van der Waals surface area contributed by atoms with Crippen molar-refractivity contribution in [1.29, 1.82) is 0 Å². The molecule has 3 heteroatoms. The van der Waals surface area contributed by atoms with E-state index in [1.807, 2.05) is 55.5 Å². The molecule has 0 aliphatic rings. The molecular weight excluding hydrogens is 312 g/mol. The van der Waals surface area contributed by atoms with Crippen LogP contribution in [-0.2, 0) is 0 Å². The van der Waals surface area contributed by atoms with E-state index in [1.54, 1.807) is 0 Å². The van der Waals surface area contributed by atoms with Crippen LogP contribution in [0.5, 0.6) is 5.75 Å². The van der Waals surface area contributed by atoms with Gasteiger partial charge in [0.05, 0.1) is 12.0 Å². The smallest absolute Gasteiger partial charge is 0.124 e. The van der Waals surface area contributed by atoms with E-state index in [9.17, 15) is 0 Å². The van der Waals surface area contributed by atoms with E-state index in [4.69, 9.17) is 16.3 Å². The van der Waals surface area contributed by atoms with Gasteiger partial charge in [-0.1, -0.05) is 46.3 Å². The topological polar surface area (TPSA) is 9.23 Å². The van der Waals surface area contributed by atoms with Crippen LogP contribution in [0.2, 0.25) is 0 Å². The lowest BCUT2D eigenvalue weighted by atomic mass is 10.0. The maximum Gasteiger partial charge on any atom is 0.124 e. The molecule has 0 aliphatic carbocycles. The first-order valence-electron chi connectivity index (χ1n) is 5.83. The zero-order chi connectivity index (χ0) is 13.0. The van der Waals surface area contributed by atoms with E-state index in [0.29, 0.717) is 6.61 Å². The van der Waals surface area contributed by atoms with E-state index in [1.165, 1.54) is 0 Å². The molecule has 0 bridgehead atoms. The van der Waals surface area contributed by atoms with Crippen molar-refractivity contribution < 1.29 is 4.74 Å². The third kappa shape index (κ3) is 3.06. The van der Waals surface area contributed by atoms with Crippen LogP contribution in [0.25, 0.3) is 0 Å². The Labute approximate surface area is 121 Å². The minimum Gasteiger partial charge on any atom is -0.494 e. The maximum atomic E-state index is 6.53. The Morgan fingerprint density at radius 1 is 1.11 bits per heavy atom. The maximum absolute atomic E-state index is 6.53. The molecule has 0 saturated heterocycles. The Balaban J connectivity index is 2.33. The summed E-state index contributed by atoms with van der Waals surface area (Å²) in [7, 11) is 0. The summed E-state index contributed by atoms with van der Waals surface area (Å²) < 4.78 is 6.66. The molecule has 0 saturated carbocycles. The molecule has 0 N–H and O–H groups in total. The summed E-state index contributed by atoms with van der Waals surface area (Å²) in [5, 5.41) is -0.194. The largest absolute Gasteiger partial charge is 0.494 e. The molecule has 0 radical (unpaired) electrons. The summed E-state index contributed by atoms with van der Waals surface area (Å²) in [6.45, 7) is 2.61. The van der Waals surface area contributed by atoms with Crippen molar-refractivity contribution in [2.45, 2.75) is 12.3 Å². The summed E-state index contributed by atoms with van der Waals surface area (Å²) in [6.07, 6.45) is 0. The zero-order valence-electron chi connectivity index (χ0n) is 10.1. The summed E-state index contributed by atoms with van der Waals surface area (Å²) in [6, 6.07) is 15.9. The van der Waals surface area contributed by atoms with Crippen molar-refractivity contribution in [3.8, 4) is 5.75 Å². The number of alkyl halides is 1. The van der Waals surface area contributed by atoms with Gasteiger partial charge < -0.3 is 4.74 Å². The van der Waals surface area contributed by atoms with Gasteiger partial charge in [0.25, 0.3) is 0 Å². The van der Waals surface area contributed by atoms with Crippen molar-refractivity contribution in [3.63, 3.8) is 0 Å². The second kappa shape index (κ2) is 6.26. The van der Waals surface area contributed by atoms with Gasteiger partial charge in [0, 0.05) is 10.0 Å². The standard InChI is InChI=1S/C15H14BrClO/c1-2-18-14-6-4-3-5-13(14)15(17)11-7-9-12(16)10-8-11/h3-10,15H,2H2,1H3. The first-order valence-corrected chi connectivity index (χ1v) is 7.06. The van der Waals surface area contributed by atoms with Crippen LogP contribution in [0.4, 0.5) is 0 Å². The predicted octanol–water partition coefficient (Wildman–Crippen LogP) is 5.18. The van der Waals surface area contributed by atoms with Crippen LogP contribution in [0.3, 0.4) is 0 Å². The summed E-state index contributed by atoms with van der Waals surface area (Å²) in [5.74, 6) is 0.850. The number of ether oxygens (including phenoxy) is 1. The molecule has 2 rings (SSSR count). The van der Waals surface area contributed by atoms with Crippen LogP contribution >= 0.6 is 27.5 Å². The highest BCUT2D eigenvalue weighted by Gasteiger charge is 2.15. The summed E-state index contributed by atoms with van der Waals surface area (Å²) >= 11 is 9.95. The number of hydrogen-bond acceptors (Lipinski definition) is 1. The van der Waals surface area contributed by atoms with Gasteiger partial charge in [0.2, 0.25) is 0 Å². The molecule has 0 spiro atoms. The highest BCUT2D eigenvalue weighted by molar-refractivity contribution is 9.10. The van der Waals surface area contributed by atoms with Crippen molar-refractivity contribution in [3.05, 3.63) is 64.1 Å². The lowest BCUT2D eigenvalue weighted by Gasteiger charge is -2.15. The molecule has 0 amide bonds. The summed E-state index contributed by atoms with van der Waals surface area (Å²) in [5.41, 5.74) is 2.07. The fourth-order valence-electron chi connectivity index (χ4n) is 1.79. The molecule has 2 aromatic carbocycles. The average Bonchev–Trinajstić information content (AvgIpc) is 2.40. The van der Waals surface area contributed by atoms with Gasteiger partial charge in [0.15, 0.2) is 0 Å². The normalized spacial score (nSPS) is 12.2. The summed E-state index contributed by atoms with van der Waals surface area (Å²) in [4.78, 5) is 0. The van der Waals surface area contributed by atoms with Gasteiger partial charge in [-0.3, -0.25) is 0 Å². The molecule has 0 heterocycles. The van der Waals surface area contributed by atoms with Crippen molar-refractivity contribution in [2.24, 2.45) is 0 Å². The Kier molecular flexibility index (Phi) is 4.67. The van der Waals surface area contributed by atoms with E-state index < -0.39 is 0 Å². The number of hydrogen-bond donors (Lipinski definition) is 0. The molecule has 1 nitrogen and oxygen atoms in total. The van der Waals surface area contributed by atoms with Crippen LogP contribution in [0, 0.1) is 0 Å². The Bertz CT molecular complexity index is 510. The molecule has 0 aromatic heterocycles. The molecule has 1 atom stereocenters. The van der Waals surface area contributed by atoms with Crippen molar-refractivity contribution in [2.75, 3.05) is 6.61 Å². The fraction of sp³-hybridized carbons (Fsp3) is 0.200. The van der Waals surface area contributed by atoms with Gasteiger partial charge in [0.1, 0.15) is 5.75 Å². The van der Waals surface area contributed by atoms with Crippen LogP contribution in [-0.4, -0.2) is 6.61 Å². The first-order chi connectivity index (χ1) is 8.72. The van der Waals surface area contributed by atoms with E-state index in [0.717, 1.165) is 21.3 Å². The quantitative estimate of drug-likeness (QED) is 0.704. The zero-order valence-corrected chi connectivity index (χ0v) is 12.4. The SMILES string of the molecule is CCOc1ccccc1C(Cl)c1ccc(Br)cc1. The third-order valence-corrected chi connectivity index (χ3v) is 3.67. The molecule has 18 heavy (non-hydrogen) atoms. The Morgan fingerprint density at radius 2 is 1.78 bits per heavy atom. The van der Waals surface area contributed by atoms with Gasteiger partial charge in [-0.15, -0.1) is 11.6 Å². The predicted molar refractivity (Wildman–Crippen MR) is 79.4 cm³/mol. The lowest BCUT2D eigenvalue weighted by molar-refractivity contribution is 0.337. The van der Waals surface area contributed by atoms with E-state index in [-0.39, 0.29) is 5.38 Å². The van der Waals surface area contributed by atoms with Gasteiger partial charge >= 0.3 is 0 Å². The Hall–Kier alpha value is -0.990.